The van der Waals surface area contributed by atoms with E-state index < -0.39 is 290 Å². The van der Waals surface area contributed by atoms with Crippen molar-refractivity contribution in [1.82, 2.24) is 0 Å². The van der Waals surface area contributed by atoms with Crippen molar-refractivity contribution in [2.45, 2.75) is 0 Å². The van der Waals surface area contributed by atoms with Gasteiger partial charge in [0.15, 0.2) is 0 Å². The molecule has 236 valence electrons. The molecule has 0 saturated heterocycles. The summed E-state index contributed by atoms with van der Waals surface area (Å²) in [5, 5.41) is -7.89. The van der Waals surface area contributed by atoms with E-state index in [0.717, 1.165) is 0 Å². The Balaban J connectivity index is 1.43. The second kappa shape index (κ2) is 10.9. The summed E-state index contributed by atoms with van der Waals surface area (Å²) in [7, 11) is 0. The predicted molar refractivity (Wildman–Crippen MR) is 218 cm³/mol. The number of benzene rings is 10. The fourth-order valence-electron chi connectivity index (χ4n) is 6.41. The summed E-state index contributed by atoms with van der Waals surface area (Å²) >= 11 is 0. The van der Waals surface area contributed by atoms with Gasteiger partial charge in [-0.15, -0.1) is 0 Å². The number of rotatable bonds is 3. The molecule has 10 aromatic carbocycles. The SMILES string of the molecule is [2H]c1c([2H])c([2H])c2c(oc3c([2H])c([2H])c4c([2H])c([2H])c([2H])c([2H])c4c32)c1-c1c([2H])c([2H])c2c([2H])c([2H])c([2H])c(-c3c4c([2H])c([2H])c([2H])c([2H])c4c(-c4c([2H])c([2H])c5c([2H])c([2H])c([2H])c([2H])c5c4[2H])c4c([2H])c([2H])c([2H])c([2H])c34)c2c1[2H]. The van der Waals surface area contributed by atoms with Crippen molar-refractivity contribution in [1.29, 1.82) is 0 Å². The molecule has 0 fully saturated rings. The monoisotopic (exact) mass is 676 g/mol. The highest BCUT2D eigenvalue weighted by Gasteiger charge is 2.19. The molecule has 0 amide bonds. The first-order valence-corrected chi connectivity index (χ1v) is 15.2. The molecule has 0 spiro atoms. The smallest absolute Gasteiger partial charge is 0.143 e. The summed E-state index contributed by atoms with van der Waals surface area (Å²) in [6.45, 7) is 0. The standard InChI is InChI=1S/C50H30O/c1-2-13-34-29-36(26-23-31(34)11-1)47-39-16-5-7-18-41(39)48(42-19-8-6-17-40(42)47)43-21-9-14-33-24-25-35(30-45(33)43)38-20-10-22-44-49-37-15-4-3-12-32(37)27-28-46(49)51-50(38)44/h1-30H/i1D,2D,3D,4D,5D,6D,7D,8D,9D,10D,11D,12D,13D,14D,15D,16D,17D,18D,19D,20D,21D,22D,23D,24D,25D,26D,27D,28D,29D,30D. The Morgan fingerprint density at radius 1 is 0.333 bits per heavy atom. The molecule has 0 saturated carbocycles. The van der Waals surface area contributed by atoms with Gasteiger partial charge in [-0.3, -0.25) is 0 Å². The van der Waals surface area contributed by atoms with E-state index in [9.17, 15) is 16.4 Å². The normalized spacial score (nSPS) is 20.2. The fraction of sp³-hybridized carbons (Fsp3) is 0. The van der Waals surface area contributed by atoms with Crippen molar-refractivity contribution in [3.05, 3.63) is 181 Å². The molecule has 0 bridgehead atoms. The lowest BCUT2D eigenvalue weighted by molar-refractivity contribution is 0.670. The largest absolute Gasteiger partial charge is 0.455 e. The minimum absolute atomic E-state index is 0.406. The van der Waals surface area contributed by atoms with Gasteiger partial charge in [0.05, 0.1) is 41.1 Å². The molecular weight excluding hydrogens is 617 g/mol. The Kier molecular flexibility index (Phi) is 2.50. The van der Waals surface area contributed by atoms with Gasteiger partial charge in [-0.05, 0) is 99.8 Å². The van der Waals surface area contributed by atoms with Crippen LogP contribution in [0.15, 0.2) is 186 Å². The maximum atomic E-state index is 10.1. The molecule has 0 atom stereocenters. The van der Waals surface area contributed by atoms with Crippen LogP contribution in [0.2, 0.25) is 0 Å². The van der Waals surface area contributed by atoms with Crippen LogP contribution in [0.1, 0.15) is 41.1 Å². The number of fused-ring (bicyclic) bond motifs is 9. The lowest BCUT2D eigenvalue weighted by Gasteiger charge is -2.19. The molecule has 1 nitrogen and oxygen atoms in total. The first-order valence-electron chi connectivity index (χ1n) is 30.2. The Morgan fingerprint density at radius 2 is 0.863 bits per heavy atom. The molecule has 0 unspecified atom stereocenters. The summed E-state index contributed by atoms with van der Waals surface area (Å²) in [6.07, 6.45) is 0. The van der Waals surface area contributed by atoms with Crippen LogP contribution in [0.3, 0.4) is 0 Å². The molecule has 1 heteroatoms. The average molecular weight is 677 g/mol. The molecule has 11 aromatic rings. The summed E-state index contributed by atoms with van der Waals surface area (Å²) < 4.78 is 279. The van der Waals surface area contributed by atoms with Crippen LogP contribution in [0, 0.1) is 0 Å². The zero-order valence-corrected chi connectivity index (χ0v) is 25.4. The lowest BCUT2D eigenvalue weighted by atomic mass is 9.84. The highest BCUT2D eigenvalue weighted by Crippen LogP contribution is 2.46. The third kappa shape index (κ3) is 4.22. The van der Waals surface area contributed by atoms with E-state index in [1.54, 1.807) is 0 Å². The average Bonchev–Trinajstić information content (AvgIpc) is 3.13. The van der Waals surface area contributed by atoms with Crippen molar-refractivity contribution in [2.75, 3.05) is 0 Å². The lowest BCUT2D eigenvalue weighted by Crippen LogP contribution is -1.92. The van der Waals surface area contributed by atoms with Crippen molar-refractivity contribution in [3.8, 4) is 33.4 Å². The molecule has 51 heavy (non-hydrogen) atoms. The zero-order chi connectivity index (χ0) is 59.6. The van der Waals surface area contributed by atoms with Crippen LogP contribution >= 0.6 is 0 Å². The van der Waals surface area contributed by atoms with Crippen molar-refractivity contribution >= 4 is 75.8 Å². The molecule has 11 rings (SSSR count). The maximum absolute atomic E-state index is 10.1. The van der Waals surface area contributed by atoms with Crippen molar-refractivity contribution < 1.29 is 45.5 Å². The molecule has 0 aliphatic heterocycles. The van der Waals surface area contributed by atoms with Crippen LogP contribution in [0.4, 0.5) is 0 Å². The second-order valence-electron chi connectivity index (χ2n) is 11.3. The Hall–Kier alpha value is -6.70. The Labute approximate surface area is 336 Å². The summed E-state index contributed by atoms with van der Waals surface area (Å²) in [5.74, 6) is 0. The molecule has 1 aromatic heterocycles. The number of hydrogen-bond donors (Lipinski definition) is 0. The Morgan fingerprint density at radius 3 is 1.65 bits per heavy atom. The van der Waals surface area contributed by atoms with E-state index in [4.69, 9.17) is 29.1 Å². The van der Waals surface area contributed by atoms with Gasteiger partial charge in [0.2, 0.25) is 0 Å². The Bertz CT molecular complexity index is 4850. The summed E-state index contributed by atoms with van der Waals surface area (Å²) in [4.78, 5) is 0. The number of para-hydroxylation sites is 1. The first kappa shape index (κ1) is 11.7. The van der Waals surface area contributed by atoms with Gasteiger partial charge in [-0.1, -0.05) is 163 Å². The molecule has 0 aliphatic rings. The predicted octanol–water partition coefficient (Wildman–Crippen LogP) is 14.4. The number of hydrogen-bond acceptors (Lipinski definition) is 1. The minimum Gasteiger partial charge on any atom is -0.455 e. The summed E-state index contributed by atoms with van der Waals surface area (Å²) in [6, 6.07) is -28.3. The third-order valence-corrected chi connectivity index (χ3v) is 8.56. The van der Waals surface area contributed by atoms with Gasteiger partial charge < -0.3 is 4.42 Å². The minimum atomic E-state index is -1.10. The van der Waals surface area contributed by atoms with Gasteiger partial charge >= 0.3 is 0 Å². The van der Waals surface area contributed by atoms with Crippen molar-refractivity contribution in [3.63, 3.8) is 0 Å². The second-order valence-corrected chi connectivity index (χ2v) is 11.3. The molecule has 0 N–H and O–H groups in total. The maximum Gasteiger partial charge on any atom is 0.143 e. The molecule has 1 heterocycles. The fourth-order valence-corrected chi connectivity index (χ4v) is 6.41. The topological polar surface area (TPSA) is 13.1 Å². The summed E-state index contributed by atoms with van der Waals surface area (Å²) in [5.41, 5.74) is -6.14. The van der Waals surface area contributed by atoms with E-state index in [-0.39, 0.29) is 0 Å². The van der Waals surface area contributed by atoms with E-state index in [0.29, 0.717) is 0 Å². The van der Waals surface area contributed by atoms with Crippen LogP contribution < -0.4 is 0 Å². The quantitative estimate of drug-likeness (QED) is 0.170. The van der Waals surface area contributed by atoms with Crippen LogP contribution in [0.5, 0.6) is 0 Å². The van der Waals surface area contributed by atoms with E-state index in [1.807, 2.05) is 0 Å². The van der Waals surface area contributed by atoms with Crippen LogP contribution in [-0.2, 0) is 0 Å². The number of furan rings is 1. The van der Waals surface area contributed by atoms with Gasteiger partial charge in [0, 0.05) is 16.3 Å². The van der Waals surface area contributed by atoms with Crippen molar-refractivity contribution in [2.24, 2.45) is 0 Å². The van der Waals surface area contributed by atoms with Crippen LogP contribution in [0.25, 0.3) is 109 Å². The molecule has 0 aliphatic carbocycles. The van der Waals surface area contributed by atoms with Gasteiger partial charge in [0.1, 0.15) is 11.2 Å². The van der Waals surface area contributed by atoms with Gasteiger partial charge in [-0.25, -0.2) is 0 Å². The van der Waals surface area contributed by atoms with E-state index in [1.165, 1.54) is 0 Å². The third-order valence-electron chi connectivity index (χ3n) is 8.56. The zero-order valence-electron chi connectivity index (χ0n) is 55.4. The highest BCUT2D eigenvalue weighted by atomic mass is 16.3. The highest BCUT2D eigenvalue weighted by molar-refractivity contribution is 6.24. The first-order chi connectivity index (χ1) is 37.8. The molecule has 0 radical (unpaired) electrons. The molecular formula is C50H30O. The van der Waals surface area contributed by atoms with E-state index in [2.05, 4.69) is 0 Å². The van der Waals surface area contributed by atoms with E-state index >= 15 is 0 Å². The van der Waals surface area contributed by atoms with Crippen LogP contribution in [-0.4, -0.2) is 0 Å². The van der Waals surface area contributed by atoms with Gasteiger partial charge in [-0.2, -0.15) is 0 Å². The van der Waals surface area contributed by atoms with Gasteiger partial charge in [0.25, 0.3) is 0 Å².